The third kappa shape index (κ3) is 5.17. The summed E-state index contributed by atoms with van der Waals surface area (Å²) in [6.07, 6.45) is 3.13. The van der Waals surface area contributed by atoms with Crippen LogP contribution in [0.5, 0.6) is 0 Å². The Bertz CT molecular complexity index is 336. The summed E-state index contributed by atoms with van der Waals surface area (Å²) in [5.74, 6) is 0. The zero-order valence-electron chi connectivity index (χ0n) is 9.06. The molecule has 0 bridgehead atoms. The van der Waals surface area contributed by atoms with Crippen LogP contribution in [-0.2, 0) is 11.3 Å². The second kappa shape index (κ2) is 7.48. The van der Waals surface area contributed by atoms with Crippen molar-refractivity contribution in [3.05, 3.63) is 48.0 Å². The summed E-state index contributed by atoms with van der Waals surface area (Å²) >= 11 is 0. The maximum Gasteiger partial charge on any atom is 0.407 e. The lowest BCUT2D eigenvalue weighted by Crippen LogP contribution is -2.24. The molecule has 16 heavy (non-hydrogen) atoms. The minimum Gasteiger partial charge on any atom is -0.445 e. The van der Waals surface area contributed by atoms with Crippen LogP contribution in [0.1, 0.15) is 5.56 Å². The van der Waals surface area contributed by atoms with E-state index >= 15 is 0 Å². The number of nitrogens with one attached hydrogen (secondary N) is 1. The molecule has 0 fully saturated rings. The van der Waals surface area contributed by atoms with Gasteiger partial charge in [0.15, 0.2) is 0 Å². The van der Waals surface area contributed by atoms with Crippen LogP contribution in [0.25, 0.3) is 0 Å². The van der Waals surface area contributed by atoms with Crippen LogP contribution in [0.2, 0.25) is 0 Å². The molecule has 0 heterocycles. The highest BCUT2D eigenvalue weighted by Gasteiger charge is 1.99. The van der Waals surface area contributed by atoms with Gasteiger partial charge in [0.05, 0.1) is 0 Å². The summed E-state index contributed by atoms with van der Waals surface area (Å²) < 4.78 is 4.99. The van der Waals surface area contributed by atoms with Crippen LogP contribution < -0.4 is 11.1 Å². The molecule has 4 heteroatoms. The lowest BCUT2D eigenvalue weighted by Gasteiger charge is -2.04. The Morgan fingerprint density at radius 1 is 1.31 bits per heavy atom. The Labute approximate surface area is 95.1 Å². The van der Waals surface area contributed by atoms with Gasteiger partial charge in [-0.1, -0.05) is 42.5 Å². The molecule has 0 saturated carbocycles. The van der Waals surface area contributed by atoms with E-state index < -0.39 is 6.09 Å². The largest absolute Gasteiger partial charge is 0.445 e. The maximum atomic E-state index is 11.2. The van der Waals surface area contributed by atoms with E-state index in [1.807, 2.05) is 30.3 Å². The highest BCUT2D eigenvalue weighted by atomic mass is 16.5. The molecule has 0 radical (unpaired) electrons. The van der Waals surface area contributed by atoms with Crippen molar-refractivity contribution in [2.45, 2.75) is 6.61 Å². The SMILES string of the molecule is NC/C=C/CNC(=O)OCc1ccccc1. The van der Waals surface area contributed by atoms with Gasteiger partial charge in [-0.25, -0.2) is 4.79 Å². The highest BCUT2D eigenvalue weighted by molar-refractivity contribution is 5.67. The van der Waals surface area contributed by atoms with E-state index in [2.05, 4.69) is 5.32 Å². The molecule has 1 rings (SSSR count). The van der Waals surface area contributed by atoms with Crippen LogP contribution in [0, 0.1) is 0 Å². The van der Waals surface area contributed by atoms with Crippen LogP contribution in [-0.4, -0.2) is 19.2 Å². The number of rotatable bonds is 5. The van der Waals surface area contributed by atoms with Crippen molar-refractivity contribution in [2.75, 3.05) is 13.1 Å². The number of nitrogens with two attached hydrogens (primary N) is 1. The maximum absolute atomic E-state index is 11.2. The van der Waals surface area contributed by atoms with E-state index in [1.165, 1.54) is 0 Å². The third-order valence-electron chi connectivity index (χ3n) is 1.88. The number of amides is 1. The third-order valence-corrected chi connectivity index (χ3v) is 1.88. The normalized spacial score (nSPS) is 10.3. The summed E-state index contributed by atoms with van der Waals surface area (Å²) in [5.41, 5.74) is 6.22. The van der Waals surface area contributed by atoms with E-state index in [0.717, 1.165) is 5.56 Å². The van der Waals surface area contributed by atoms with E-state index in [1.54, 1.807) is 12.2 Å². The van der Waals surface area contributed by atoms with Crippen LogP contribution >= 0.6 is 0 Å². The van der Waals surface area contributed by atoms with Gasteiger partial charge in [-0.3, -0.25) is 0 Å². The zero-order valence-corrected chi connectivity index (χ0v) is 9.06. The van der Waals surface area contributed by atoms with E-state index in [-0.39, 0.29) is 6.61 Å². The second-order valence-electron chi connectivity index (χ2n) is 3.15. The van der Waals surface area contributed by atoms with Gasteiger partial charge in [0.25, 0.3) is 0 Å². The Balaban J connectivity index is 2.18. The first-order valence-corrected chi connectivity index (χ1v) is 5.12. The molecule has 4 nitrogen and oxygen atoms in total. The Morgan fingerprint density at radius 2 is 2.06 bits per heavy atom. The van der Waals surface area contributed by atoms with Crippen molar-refractivity contribution < 1.29 is 9.53 Å². The van der Waals surface area contributed by atoms with Gasteiger partial charge in [-0.15, -0.1) is 0 Å². The lowest BCUT2D eigenvalue weighted by molar-refractivity contribution is 0.140. The number of hydrogen-bond acceptors (Lipinski definition) is 3. The predicted octanol–water partition coefficient (Wildman–Crippen LogP) is 1.43. The van der Waals surface area contributed by atoms with Crippen LogP contribution in [0.3, 0.4) is 0 Å². The van der Waals surface area contributed by atoms with Crippen molar-refractivity contribution in [3.63, 3.8) is 0 Å². The first-order chi connectivity index (χ1) is 7.83. The highest BCUT2D eigenvalue weighted by Crippen LogP contribution is 2.00. The van der Waals surface area contributed by atoms with Gasteiger partial charge >= 0.3 is 6.09 Å². The molecule has 0 spiro atoms. The molecular formula is C12H16N2O2. The van der Waals surface area contributed by atoms with Crippen molar-refractivity contribution in [2.24, 2.45) is 5.73 Å². The first-order valence-electron chi connectivity index (χ1n) is 5.12. The smallest absolute Gasteiger partial charge is 0.407 e. The minimum absolute atomic E-state index is 0.285. The van der Waals surface area contributed by atoms with Gasteiger partial charge in [-0.05, 0) is 5.56 Å². The number of alkyl carbamates (subject to hydrolysis) is 1. The lowest BCUT2D eigenvalue weighted by atomic mass is 10.2. The average molecular weight is 220 g/mol. The number of hydrogen-bond donors (Lipinski definition) is 2. The molecular weight excluding hydrogens is 204 g/mol. The standard InChI is InChI=1S/C12H16N2O2/c13-8-4-5-9-14-12(15)16-10-11-6-2-1-3-7-11/h1-7H,8-10,13H2,(H,14,15)/b5-4+. The first kappa shape index (κ1) is 12.3. The van der Waals surface area contributed by atoms with Gasteiger partial charge in [0, 0.05) is 13.1 Å². The number of ether oxygens (including phenoxy) is 1. The van der Waals surface area contributed by atoms with Crippen molar-refractivity contribution in [3.8, 4) is 0 Å². The number of benzene rings is 1. The fourth-order valence-electron chi connectivity index (χ4n) is 1.10. The fourth-order valence-corrected chi connectivity index (χ4v) is 1.10. The summed E-state index contributed by atoms with van der Waals surface area (Å²) in [7, 11) is 0. The Morgan fingerprint density at radius 3 is 2.75 bits per heavy atom. The molecule has 1 aromatic rings. The van der Waals surface area contributed by atoms with Gasteiger partial charge in [-0.2, -0.15) is 0 Å². The molecule has 0 aromatic heterocycles. The molecule has 86 valence electrons. The van der Waals surface area contributed by atoms with Crippen molar-refractivity contribution >= 4 is 6.09 Å². The molecule has 0 saturated heterocycles. The van der Waals surface area contributed by atoms with Gasteiger partial charge in [0.2, 0.25) is 0 Å². The Hall–Kier alpha value is -1.81. The summed E-state index contributed by atoms with van der Waals surface area (Å²) in [6.45, 7) is 1.19. The number of carbonyl (C=O) groups is 1. The average Bonchev–Trinajstić information content (AvgIpc) is 2.33. The molecule has 0 aliphatic rings. The van der Waals surface area contributed by atoms with E-state index in [4.69, 9.17) is 10.5 Å². The Kier molecular flexibility index (Phi) is 5.73. The second-order valence-corrected chi connectivity index (χ2v) is 3.15. The topological polar surface area (TPSA) is 64.3 Å². The summed E-state index contributed by atoms with van der Waals surface area (Å²) in [5, 5.41) is 2.58. The molecule has 0 aliphatic carbocycles. The van der Waals surface area contributed by atoms with Crippen molar-refractivity contribution in [1.82, 2.24) is 5.32 Å². The van der Waals surface area contributed by atoms with Crippen molar-refractivity contribution in [1.29, 1.82) is 0 Å². The van der Waals surface area contributed by atoms with E-state index in [9.17, 15) is 4.79 Å². The molecule has 1 aromatic carbocycles. The minimum atomic E-state index is -0.425. The summed E-state index contributed by atoms with van der Waals surface area (Å²) in [6, 6.07) is 9.53. The van der Waals surface area contributed by atoms with E-state index in [0.29, 0.717) is 13.1 Å². The van der Waals surface area contributed by atoms with Crippen LogP contribution in [0.15, 0.2) is 42.5 Å². The van der Waals surface area contributed by atoms with Gasteiger partial charge < -0.3 is 15.8 Å². The molecule has 0 atom stereocenters. The summed E-state index contributed by atoms with van der Waals surface area (Å²) in [4.78, 5) is 11.2. The predicted molar refractivity (Wildman–Crippen MR) is 62.8 cm³/mol. The number of carbonyl (C=O) groups excluding carboxylic acids is 1. The quantitative estimate of drug-likeness (QED) is 0.738. The van der Waals surface area contributed by atoms with Gasteiger partial charge in [0.1, 0.15) is 6.61 Å². The molecule has 0 unspecified atom stereocenters. The fraction of sp³-hybridized carbons (Fsp3) is 0.250. The van der Waals surface area contributed by atoms with Crippen LogP contribution in [0.4, 0.5) is 4.79 Å². The molecule has 3 N–H and O–H groups in total. The monoisotopic (exact) mass is 220 g/mol. The molecule has 0 aliphatic heterocycles. The zero-order chi connectivity index (χ0) is 11.6. The molecule has 1 amide bonds.